The van der Waals surface area contributed by atoms with Crippen molar-refractivity contribution in [1.82, 2.24) is 15.1 Å². The zero-order valence-corrected chi connectivity index (χ0v) is 11.1. The van der Waals surface area contributed by atoms with E-state index in [1.54, 1.807) is 22.6 Å². The third kappa shape index (κ3) is 2.65. The smallest absolute Gasteiger partial charge is 0.247 e. The van der Waals surface area contributed by atoms with Crippen LogP contribution in [0.3, 0.4) is 0 Å². The topological polar surface area (TPSA) is 59.3 Å². The molecular formula is C9H11BrN4OS. The first-order chi connectivity index (χ1) is 7.66. The van der Waals surface area contributed by atoms with Crippen LogP contribution in [0, 0.1) is 6.92 Å². The van der Waals surface area contributed by atoms with Gasteiger partial charge in [-0.3, -0.25) is 14.5 Å². The maximum absolute atomic E-state index is 11.6. The summed E-state index contributed by atoms with van der Waals surface area (Å²) in [6.07, 6.45) is 1.68. The van der Waals surface area contributed by atoms with Gasteiger partial charge in [-0.2, -0.15) is 5.10 Å². The number of nitrogens with zero attached hydrogens (tertiary/aromatic N) is 3. The Morgan fingerprint density at radius 2 is 2.56 bits per heavy atom. The van der Waals surface area contributed by atoms with Crippen molar-refractivity contribution in [1.29, 1.82) is 0 Å². The summed E-state index contributed by atoms with van der Waals surface area (Å²) < 4.78 is 2.56. The number of halogens is 1. The lowest BCUT2D eigenvalue weighted by atomic mass is 10.5. The average Bonchev–Trinajstić information content (AvgIpc) is 2.83. The Kier molecular flexibility index (Phi) is 3.65. The SMILES string of the molecule is Cc1c(Br)cnn1CC(=O)NC1=NCCS1. The predicted molar refractivity (Wildman–Crippen MR) is 67.6 cm³/mol. The number of rotatable bonds is 2. The van der Waals surface area contributed by atoms with Crippen LogP contribution in [-0.2, 0) is 11.3 Å². The minimum absolute atomic E-state index is 0.0909. The molecule has 0 radical (unpaired) electrons. The molecule has 0 fully saturated rings. The lowest BCUT2D eigenvalue weighted by Gasteiger charge is -2.05. The van der Waals surface area contributed by atoms with Gasteiger partial charge in [-0.25, -0.2) is 0 Å². The Balaban J connectivity index is 1.94. The molecule has 0 atom stereocenters. The first-order valence-electron chi connectivity index (χ1n) is 4.82. The number of hydrogen-bond acceptors (Lipinski definition) is 4. The summed E-state index contributed by atoms with van der Waals surface area (Å²) in [6.45, 7) is 2.91. The Hall–Kier alpha value is -0.820. The monoisotopic (exact) mass is 302 g/mol. The quantitative estimate of drug-likeness (QED) is 0.892. The zero-order chi connectivity index (χ0) is 11.5. The van der Waals surface area contributed by atoms with E-state index < -0.39 is 0 Å². The van der Waals surface area contributed by atoms with Crippen LogP contribution in [0.4, 0.5) is 0 Å². The lowest BCUT2D eigenvalue weighted by molar-refractivity contribution is -0.120. The van der Waals surface area contributed by atoms with Crippen molar-refractivity contribution < 1.29 is 4.79 Å². The van der Waals surface area contributed by atoms with Crippen molar-refractivity contribution in [3.63, 3.8) is 0 Å². The molecule has 2 rings (SSSR count). The van der Waals surface area contributed by atoms with Crippen molar-refractivity contribution in [3.05, 3.63) is 16.4 Å². The minimum atomic E-state index is -0.0909. The Morgan fingerprint density at radius 1 is 1.75 bits per heavy atom. The summed E-state index contributed by atoms with van der Waals surface area (Å²) in [5.74, 6) is 0.856. The third-order valence-corrected chi connectivity index (χ3v) is 3.84. The molecule has 1 amide bonds. The summed E-state index contributed by atoms with van der Waals surface area (Å²) in [7, 11) is 0. The highest BCUT2D eigenvalue weighted by molar-refractivity contribution is 9.10. The molecule has 2 heterocycles. The number of aliphatic imine (C=N–C) groups is 1. The minimum Gasteiger partial charge on any atom is -0.304 e. The molecule has 0 unspecified atom stereocenters. The number of aromatic nitrogens is 2. The van der Waals surface area contributed by atoms with Crippen LogP contribution in [-0.4, -0.2) is 33.2 Å². The van der Waals surface area contributed by atoms with E-state index in [1.165, 1.54) is 0 Å². The maximum Gasteiger partial charge on any atom is 0.247 e. The van der Waals surface area contributed by atoms with E-state index in [2.05, 4.69) is 31.3 Å². The van der Waals surface area contributed by atoms with Gasteiger partial charge in [0, 0.05) is 5.75 Å². The van der Waals surface area contributed by atoms with Gasteiger partial charge >= 0.3 is 0 Å². The van der Waals surface area contributed by atoms with E-state index in [9.17, 15) is 4.79 Å². The van der Waals surface area contributed by atoms with E-state index in [0.29, 0.717) is 5.17 Å². The van der Waals surface area contributed by atoms with Crippen LogP contribution in [0.25, 0.3) is 0 Å². The van der Waals surface area contributed by atoms with Gasteiger partial charge in [0.05, 0.1) is 22.9 Å². The highest BCUT2D eigenvalue weighted by Crippen LogP contribution is 2.14. The molecule has 0 bridgehead atoms. The van der Waals surface area contributed by atoms with Crippen LogP contribution in [0.2, 0.25) is 0 Å². The Labute approximate surface area is 106 Å². The second-order valence-electron chi connectivity index (χ2n) is 3.32. The van der Waals surface area contributed by atoms with Crippen molar-refractivity contribution in [2.45, 2.75) is 13.5 Å². The first-order valence-corrected chi connectivity index (χ1v) is 6.59. The molecule has 1 aliphatic heterocycles. The van der Waals surface area contributed by atoms with Gasteiger partial charge in [-0.1, -0.05) is 11.8 Å². The van der Waals surface area contributed by atoms with Crippen molar-refractivity contribution in [2.75, 3.05) is 12.3 Å². The van der Waals surface area contributed by atoms with E-state index in [4.69, 9.17) is 0 Å². The molecular weight excluding hydrogens is 292 g/mol. The number of carbonyl (C=O) groups excluding carboxylic acids is 1. The van der Waals surface area contributed by atoms with Gasteiger partial charge in [0.2, 0.25) is 5.91 Å². The number of thioether (sulfide) groups is 1. The molecule has 7 heteroatoms. The molecule has 1 aliphatic rings. The van der Waals surface area contributed by atoms with Crippen molar-refractivity contribution >= 4 is 38.8 Å². The molecule has 0 spiro atoms. The van der Waals surface area contributed by atoms with Crippen molar-refractivity contribution in [3.8, 4) is 0 Å². The average molecular weight is 303 g/mol. The van der Waals surface area contributed by atoms with E-state index in [1.807, 2.05) is 6.92 Å². The van der Waals surface area contributed by atoms with Gasteiger partial charge in [0.15, 0.2) is 5.17 Å². The number of hydrogen-bond donors (Lipinski definition) is 1. The lowest BCUT2D eigenvalue weighted by Crippen LogP contribution is -2.31. The number of carbonyl (C=O) groups is 1. The number of amides is 1. The van der Waals surface area contributed by atoms with Gasteiger partial charge in [0.25, 0.3) is 0 Å². The maximum atomic E-state index is 11.6. The molecule has 16 heavy (non-hydrogen) atoms. The molecule has 1 aromatic heterocycles. The second kappa shape index (κ2) is 5.01. The summed E-state index contributed by atoms with van der Waals surface area (Å²) >= 11 is 4.92. The molecule has 1 aromatic rings. The summed E-state index contributed by atoms with van der Waals surface area (Å²) in [6, 6.07) is 0. The van der Waals surface area contributed by atoms with Crippen LogP contribution in [0.15, 0.2) is 15.7 Å². The molecule has 0 aromatic carbocycles. The first kappa shape index (κ1) is 11.7. The molecule has 5 nitrogen and oxygen atoms in total. The Morgan fingerprint density at radius 3 is 3.12 bits per heavy atom. The fourth-order valence-electron chi connectivity index (χ4n) is 1.29. The van der Waals surface area contributed by atoms with Gasteiger partial charge in [-0.15, -0.1) is 0 Å². The van der Waals surface area contributed by atoms with Crippen LogP contribution in [0.1, 0.15) is 5.69 Å². The largest absolute Gasteiger partial charge is 0.304 e. The molecule has 0 aliphatic carbocycles. The highest BCUT2D eigenvalue weighted by Gasteiger charge is 2.12. The number of nitrogens with one attached hydrogen (secondary N) is 1. The molecule has 86 valence electrons. The summed E-state index contributed by atoms with van der Waals surface area (Å²) in [4.78, 5) is 15.8. The molecule has 0 saturated carbocycles. The van der Waals surface area contributed by atoms with E-state index >= 15 is 0 Å². The van der Waals surface area contributed by atoms with Crippen LogP contribution >= 0.6 is 27.7 Å². The fourth-order valence-corrected chi connectivity index (χ4v) is 2.33. The third-order valence-electron chi connectivity index (χ3n) is 2.17. The molecule has 0 saturated heterocycles. The summed E-state index contributed by atoms with van der Waals surface area (Å²) in [5, 5.41) is 7.57. The zero-order valence-electron chi connectivity index (χ0n) is 8.73. The van der Waals surface area contributed by atoms with E-state index in [-0.39, 0.29) is 12.5 Å². The van der Waals surface area contributed by atoms with Crippen LogP contribution < -0.4 is 5.32 Å². The standard InChI is InChI=1S/C9H11BrN4OS/c1-6-7(10)4-12-14(6)5-8(15)13-9-11-2-3-16-9/h4H,2-3,5H2,1H3,(H,11,13,15). The van der Waals surface area contributed by atoms with Crippen LogP contribution in [0.5, 0.6) is 0 Å². The van der Waals surface area contributed by atoms with E-state index in [0.717, 1.165) is 22.5 Å². The van der Waals surface area contributed by atoms with Crippen molar-refractivity contribution in [2.24, 2.45) is 4.99 Å². The van der Waals surface area contributed by atoms with Gasteiger partial charge in [-0.05, 0) is 22.9 Å². The number of amidine groups is 1. The molecule has 1 N–H and O–H groups in total. The highest BCUT2D eigenvalue weighted by atomic mass is 79.9. The van der Waals surface area contributed by atoms with Gasteiger partial charge < -0.3 is 5.32 Å². The Bertz CT molecular complexity index is 443. The normalized spacial score (nSPS) is 15.0. The summed E-state index contributed by atoms with van der Waals surface area (Å²) in [5.41, 5.74) is 0.941. The van der Waals surface area contributed by atoms with Gasteiger partial charge in [0.1, 0.15) is 6.54 Å². The second-order valence-corrected chi connectivity index (χ2v) is 5.26. The predicted octanol–water partition coefficient (Wildman–Crippen LogP) is 1.17. The fraction of sp³-hybridized carbons (Fsp3) is 0.444.